The quantitative estimate of drug-likeness (QED) is 0.535. The fourth-order valence-corrected chi connectivity index (χ4v) is 0.870. The molecular formula is C7H11NO4. The average Bonchev–Trinajstić information content (AvgIpc) is 2.08. The summed E-state index contributed by atoms with van der Waals surface area (Å²) in [5.41, 5.74) is 0. The molecule has 0 fully saturated rings. The molecule has 0 saturated carbocycles. The number of esters is 1. The lowest BCUT2D eigenvalue weighted by molar-refractivity contribution is -0.160. The Bertz CT molecular complexity index is 213. The number of nitrogens with zero attached hydrogens (tertiary/aromatic N) is 1. The molecule has 0 bridgehead atoms. The van der Waals surface area contributed by atoms with Gasteiger partial charge in [-0.2, -0.15) is 0 Å². The Kier molecular flexibility index (Phi) is 2.52. The van der Waals surface area contributed by atoms with Gasteiger partial charge in [0.1, 0.15) is 0 Å². The second-order valence-corrected chi connectivity index (χ2v) is 2.48. The zero-order valence-corrected chi connectivity index (χ0v) is 7.23. The maximum atomic E-state index is 11.0. The van der Waals surface area contributed by atoms with Crippen LogP contribution < -0.4 is 0 Å². The molecule has 1 rings (SSSR count). The molecule has 0 radical (unpaired) electrons. The maximum Gasteiger partial charge on any atom is 0.351 e. The van der Waals surface area contributed by atoms with Crippen LogP contribution in [0.15, 0.2) is 5.16 Å². The van der Waals surface area contributed by atoms with Crippen LogP contribution in [0.3, 0.4) is 0 Å². The minimum absolute atomic E-state index is 0.337. The largest absolute Gasteiger partial charge is 0.466 e. The van der Waals surface area contributed by atoms with Gasteiger partial charge in [-0.3, -0.25) is 0 Å². The van der Waals surface area contributed by atoms with Gasteiger partial charge >= 0.3 is 5.97 Å². The third-order valence-corrected chi connectivity index (χ3v) is 1.50. The normalized spacial score (nSPS) is 28.1. The summed E-state index contributed by atoms with van der Waals surface area (Å²) in [6.07, 6.45) is -1.10. The van der Waals surface area contributed by atoms with Gasteiger partial charge in [-0.05, 0) is 6.92 Å². The molecule has 0 spiro atoms. The summed E-state index contributed by atoms with van der Waals surface area (Å²) in [5.74, 6) is -0.111. The molecule has 0 aromatic rings. The van der Waals surface area contributed by atoms with Crippen LogP contribution >= 0.6 is 0 Å². The molecule has 68 valence electrons. The smallest absolute Gasteiger partial charge is 0.351 e. The van der Waals surface area contributed by atoms with Crippen LogP contribution in [-0.2, 0) is 19.1 Å². The fourth-order valence-electron chi connectivity index (χ4n) is 0.870. The summed E-state index contributed by atoms with van der Waals surface area (Å²) in [5, 5.41) is 3.56. The van der Waals surface area contributed by atoms with E-state index < -0.39 is 18.2 Å². The van der Waals surface area contributed by atoms with E-state index in [-0.39, 0.29) is 0 Å². The maximum absolute atomic E-state index is 11.0. The zero-order chi connectivity index (χ0) is 9.14. The SMILES string of the molecule is COC(=O)C1OC(C)=NOC1C. The van der Waals surface area contributed by atoms with Crippen LogP contribution in [0.2, 0.25) is 0 Å². The third kappa shape index (κ3) is 1.66. The van der Waals surface area contributed by atoms with Crippen molar-refractivity contribution in [3.8, 4) is 0 Å². The van der Waals surface area contributed by atoms with E-state index >= 15 is 0 Å². The van der Waals surface area contributed by atoms with Gasteiger partial charge in [-0.1, -0.05) is 5.16 Å². The van der Waals surface area contributed by atoms with Crippen molar-refractivity contribution in [2.24, 2.45) is 5.16 Å². The molecule has 5 heteroatoms. The molecule has 0 saturated heterocycles. The van der Waals surface area contributed by atoms with Gasteiger partial charge in [-0.15, -0.1) is 0 Å². The number of ether oxygens (including phenoxy) is 2. The number of methoxy groups -OCH3 is 1. The monoisotopic (exact) mass is 173 g/mol. The molecule has 2 atom stereocenters. The average molecular weight is 173 g/mol. The molecule has 0 N–H and O–H groups in total. The highest BCUT2D eigenvalue weighted by molar-refractivity contribution is 5.81. The predicted molar refractivity (Wildman–Crippen MR) is 40.5 cm³/mol. The predicted octanol–water partition coefficient (Wildman–Crippen LogP) is 0.297. The first-order valence-corrected chi connectivity index (χ1v) is 3.60. The molecule has 1 aliphatic heterocycles. The number of oxime groups is 1. The standard InChI is InChI=1S/C7H11NO4/c1-4-6(7(9)10-3)11-5(2)8-12-4/h4,6H,1-3H3. The molecule has 12 heavy (non-hydrogen) atoms. The van der Waals surface area contributed by atoms with Crippen LogP contribution in [0.5, 0.6) is 0 Å². The lowest BCUT2D eigenvalue weighted by Crippen LogP contribution is -2.40. The Morgan fingerprint density at radius 1 is 1.67 bits per heavy atom. The summed E-state index contributed by atoms with van der Waals surface area (Å²) in [6.45, 7) is 3.30. The Morgan fingerprint density at radius 2 is 2.33 bits per heavy atom. The highest BCUT2D eigenvalue weighted by Crippen LogP contribution is 2.12. The van der Waals surface area contributed by atoms with E-state index in [0.717, 1.165) is 0 Å². The van der Waals surface area contributed by atoms with E-state index in [0.29, 0.717) is 5.90 Å². The van der Waals surface area contributed by atoms with E-state index in [4.69, 9.17) is 9.57 Å². The van der Waals surface area contributed by atoms with Gasteiger partial charge in [-0.25, -0.2) is 4.79 Å². The summed E-state index contributed by atoms with van der Waals surface area (Å²) in [7, 11) is 1.31. The van der Waals surface area contributed by atoms with Gasteiger partial charge in [0, 0.05) is 6.92 Å². The van der Waals surface area contributed by atoms with Crippen molar-refractivity contribution in [3.05, 3.63) is 0 Å². The molecule has 0 aliphatic carbocycles. The topological polar surface area (TPSA) is 57.1 Å². The van der Waals surface area contributed by atoms with Crippen LogP contribution in [0.1, 0.15) is 13.8 Å². The molecule has 1 aliphatic rings. The van der Waals surface area contributed by atoms with Crippen molar-refractivity contribution < 1.29 is 19.1 Å². The van der Waals surface area contributed by atoms with Crippen molar-refractivity contribution >= 4 is 11.9 Å². The third-order valence-electron chi connectivity index (χ3n) is 1.50. The Hall–Kier alpha value is -1.26. The number of hydrogen-bond acceptors (Lipinski definition) is 5. The minimum Gasteiger partial charge on any atom is -0.466 e. The first kappa shape index (κ1) is 8.83. The zero-order valence-electron chi connectivity index (χ0n) is 7.23. The second kappa shape index (κ2) is 3.42. The van der Waals surface area contributed by atoms with Crippen molar-refractivity contribution in [3.63, 3.8) is 0 Å². The highest BCUT2D eigenvalue weighted by Gasteiger charge is 2.33. The van der Waals surface area contributed by atoms with Gasteiger partial charge in [0.2, 0.25) is 12.0 Å². The summed E-state index contributed by atoms with van der Waals surface area (Å²) >= 11 is 0. The Labute approximate surface area is 70.3 Å². The van der Waals surface area contributed by atoms with Crippen LogP contribution in [0, 0.1) is 0 Å². The lowest BCUT2D eigenvalue weighted by atomic mass is 10.2. The first-order valence-electron chi connectivity index (χ1n) is 3.60. The number of hydrogen-bond donors (Lipinski definition) is 0. The minimum atomic E-state index is -0.701. The van der Waals surface area contributed by atoms with E-state index in [1.165, 1.54) is 7.11 Å². The van der Waals surface area contributed by atoms with E-state index in [2.05, 4.69) is 9.89 Å². The molecule has 0 amide bonds. The van der Waals surface area contributed by atoms with Crippen molar-refractivity contribution in [2.75, 3.05) is 7.11 Å². The van der Waals surface area contributed by atoms with Gasteiger partial charge in [0.15, 0.2) is 6.10 Å². The van der Waals surface area contributed by atoms with Crippen LogP contribution in [-0.4, -0.2) is 31.2 Å². The summed E-state index contributed by atoms with van der Waals surface area (Å²) in [4.78, 5) is 15.9. The lowest BCUT2D eigenvalue weighted by Gasteiger charge is -2.24. The molecule has 2 unspecified atom stereocenters. The van der Waals surface area contributed by atoms with E-state index in [1.807, 2.05) is 0 Å². The van der Waals surface area contributed by atoms with E-state index in [9.17, 15) is 4.79 Å². The van der Waals surface area contributed by atoms with Crippen molar-refractivity contribution in [2.45, 2.75) is 26.1 Å². The van der Waals surface area contributed by atoms with Crippen LogP contribution in [0.4, 0.5) is 0 Å². The molecular weight excluding hydrogens is 162 g/mol. The highest BCUT2D eigenvalue weighted by atomic mass is 16.7. The molecule has 1 heterocycles. The Balaban J connectivity index is 2.65. The molecule has 5 nitrogen and oxygen atoms in total. The second-order valence-electron chi connectivity index (χ2n) is 2.48. The molecule has 0 aromatic carbocycles. The van der Waals surface area contributed by atoms with Gasteiger partial charge in [0.05, 0.1) is 7.11 Å². The van der Waals surface area contributed by atoms with Crippen molar-refractivity contribution in [1.29, 1.82) is 0 Å². The summed E-state index contributed by atoms with van der Waals surface area (Å²) in [6, 6.07) is 0. The van der Waals surface area contributed by atoms with Crippen molar-refractivity contribution in [1.82, 2.24) is 0 Å². The number of rotatable bonds is 1. The number of carbonyl (C=O) groups is 1. The van der Waals surface area contributed by atoms with Gasteiger partial charge < -0.3 is 14.3 Å². The van der Waals surface area contributed by atoms with Gasteiger partial charge in [0.25, 0.3) is 0 Å². The van der Waals surface area contributed by atoms with Crippen LogP contribution in [0.25, 0.3) is 0 Å². The molecule has 0 aromatic heterocycles. The number of carbonyl (C=O) groups excluding carboxylic acids is 1. The summed E-state index contributed by atoms with van der Waals surface area (Å²) < 4.78 is 9.61. The van der Waals surface area contributed by atoms with E-state index in [1.54, 1.807) is 13.8 Å². The fraction of sp³-hybridized carbons (Fsp3) is 0.714. The first-order chi connectivity index (χ1) is 5.65. The Morgan fingerprint density at radius 3 is 2.92 bits per heavy atom.